The molecule has 0 bridgehead atoms. The molecule has 0 unspecified atom stereocenters. The van der Waals surface area contributed by atoms with Crippen LogP contribution in [0.3, 0.4) is 0 Å². The minimum absolute atomic E-state index is 0.271. The average molecular weight is 272 g/mol. The van der Waals surface area contributed by atoms with E-state index in [1.807, 2.05) is 6.07 Å². The maximum Gasteiger partial charge on any atom is 0.176 e. The molecule has 1 N–H and O–H groups in total. The highest BCUT2D eigenvalue weighted by atomic mass is 16.1. The first-order chi connectivity index (χ1) is 9.72. The number of anilines is 1. The predicted octanol–water partition coefficient (Wildman–Crippen LogP) is 2.96. The fourth-order valence-electron chi connectivity index (χ4n) is 3.16. The molecule has 20 heavy (non-hydrogen) atoms. The molecule has 2 aliphatic rings. The van der Waals surface area contributed by atoms with Crippen LogP contribution in [-0.2, 0) is 6.42 Å². The summed E-state index contributed by atoms with van der Waals surface area (Å²) in [5, 5.41) is 3.39. The molecular formula is C17H24N2O. The Hall–Kier alpha value is -1.35. The largest absolute Gasteiger partial charge is 0.385 e. The number of carbonyl (C=O) groups excluding carboxylic acids is 1. The number of carbonyl (C=O) groups is 1. The van der Waals surface area contributed by atoms with Gasteiger partial charge in [-0.05, 0) is 68.5 Å². The minimum atomic E-state index is 0.271. The highest BCUT2D eigenvalue weighted by Gasteiger charge is 2.19. The normalized spacial score (nSPS) is 20.2. The lowest BCUT2D eigenvalue weighted by Gasteiger charge is -2.29. The van der Waals surface area contributed by atoms with E-state index in [4.69, 9.17) is 0 Å². The van der Waals surface area contributed by atoms with Gasteiger partial charge in [-0.2, -0.15) is 0 Å². The van der Waals surface area contributed by atoms with Crippen molar-refractivity contribution in [3.05, 3.63) is 29.3 Å². The van der Waals surface area contributed by atoms with Crippen molar-refractivity contribution in [1.29, 1.82) is 0 Å². The highest BCUT2D eigenvalue weighted by molar-refractivity contribution is 5.98. The molecule has 1 aromatic rings. The van der Waals surface area contributed by atoms with Gasteiger partial charge in [0, 0.05) is 17.8 Å². The van der Waals surface area contributed by atoms with Crippen molar-refractivity contribution in [2.24, 2.45) is 5.92 Å². The summed E-state index contributed by atoms with van der Waals surface area (Å²) in [6, 6.07) is 6.14. The number of nitrogens with one attached hydrogen (secondary N) is 1. The van der Waals surface area contributed by atoms with Gasteiger partial charge in [0.15, 0.2) is 5.78 Å². The summed E-state index contributed by atoms with van der Waals surface area (Å²) < 4.78 is 0. The molecule has 3 rings (SSSR count). The van der Waals surface area contributed by atoms with Crippen molar-refractivity contribution in [3.8, 4) is 0 Å². The molecule has 0 spiro atoms. The second-order valence-electron chi connectivity index (χ2n) is 6.28. The first-order valence-corrected chi connectivity index (χ1v) is 7.85. The molecular weight excluding hydrogens is 248 g/mol. The Morgan fingerprint density at radius 1 is 1.35 bits per heavy atom. The predicted molar refractivity (Wildman–Crippen MR) is 82.4 cm³/mol. The number of fused-ring (bicyclic) bond motifs is 1. The summed E-state index contributed by atoms with van der Waals surface area (Å²) >= 11 is 0. The Morgan fingerprint density at radius 2 is 2.15 bits per heavy atom. The molecule has 0 aliphatic carbocycles. The van der Waals surface area contributed by atoms with Crippen LogP contribution in [0.1, 0.15) is 42.1 Å². The van der Waals surface area contributed by atoms with Gasteiger partial charge >= 0.3 is 0 Å². The van der Waals surface area contributed by atoms with Crippen LogP contribution in [0.25, 0.3) is 0 Å². The Labute approximate surface area is 121 Å². The number of benzene rings is 1. The Kier molecular flexibility index (Phi) is 4.06. The van der Waals surface area contributed by atoms with Gasteiger partial charge in [-0.1, -0.05) is 6.92 Å². The first kappa shape index (κ1) is 13.6. The molecule has 0 saturated carbocycles. The lowest BCUT2D eigenvalue weighted by molar-refractivity contribution is 0.0899. The van der Waals surface area contributed by atoms with E-state index in [0.29, 0.717) is 6.54 Å². The molecule has 2 aliphatic heterocycles. The van der Waals surface area contributed by atoms with E-state index in [-0.39, 0.29) is 5.78 Å². The SMILES string of the molecule is CC1CCN(CC(=O)c2ccc3c(c2)CCCN3)CC1. The Balaban J connectivity index is 1.65. The van der Waals surface area contributed by atoms with E-state index in [2.05, 4.69) is 29.3 Å². The fraction of sp³-hybridized carbons (Fsp3) is 0.588. The van der Waals surface area contributed by atoms with Gasteiger partial charge in [0.05, 0.1) is 6.54 Å². The van der Waals surface area contributed by atoms with Gasteiger partial charge in [0.25, 0.3) is 0 Å². The number of likely N-dealkylation sites (tertiary alicyclic amines) is 1. The monoisotopic (exact) mass is 272 g/mol. The van der Waals surface area contributed by atoms with Crippen LogP contribution in [0.15, 0.2) is 18.2 Å². The number of nitrogens with zero attached hydrogens (tertiary/aromatic N) is 1. The van der Waals surface area contributed by atoms with Crippen molar-refractivity contribution in [1.82, 2.24) is 4.90 Å². The van der Waals surface area contributed by atoms with Gasteiger partial charge in [-0.3, -0.25) is 9.69 Å². The molecule has 0 aromatic heterocycles. The average Bonchev–Trinajstić information content (AvgIpc) is 2.49. The van der Waals surface area contributed by atoms with E-state index in [0.717, 1.165) is 44.0 Å². The van der Waals surface area contributed by atoms with Gasteiger partial charge in [-0.15, -0.1) is 0 Å². The van der Waals surface area contributed by atoms with E-state index in [1.54, 1.807) is 0 Å². The van der Waals surface area contributed by atoms with E-state index < -0.39 is 0 Å². The van der Waals surface area contributed by atoms with Crippen molar-refractivity contribution in [2.45, 2.75) is 32.6 Å². The summed E-state index contributed by atoms with van der Waals surface area (Å²) in [4.78, 5) is 14.7. The summed E-state index contributed by atoms with van der Waals surface area (Å²) in [5.41, 5.74) is 3.39. The second-order valence-corrected chi connectivity index (χ2v) is 6.28. The van der Waals surface area contributed by atoms with Gasteiger partial charge in [0.1, 0.15) is 0 Å². The third-order valence-corrected chi connectivity index (χ3v) is 4.61. The van der Waals surface area contributed by atoms with Crippen LogP contribution >= 0.6 is 0 Å². The van der Waals surface area contributed by atoms with Crippen molar-refractivity contribution in [2.75, 3.05) is 31.5 Å². The molecule has 3 nitrogen and oxygen atoms in total. The standard InChI is InChI=1S/C17H24N2O/c1-13-6-9-19(10-7-13)12-17(20)15-4-5-16-14(11-15)3-2-8-18-16/h4-5,11,13,18H,2-3,6-10,12H2,1H3. The van der Waals surface area contributed by atoms with E-state index in [9.17, 15) is 4.79 Å². The molecule has 1 aromatic carbocycles. The van der Waals surface area contributed by atoms with Crippen LogP contribution in [-0.4, -0.2) is 36.9 Å². The zero-order chi connectivity index (χ0) is 13.9. The van der Waals surface area contributed by atoms with Crippen molar-refractivity contribution >= 4 is 11.5 Å². The second kappa shape index (κ2) is 5.96. The number of piperidine rings is 1. The Bertz CT molecular complexity index is 490. The molecule has 0 radical (unpaired) electrons. The van der Waals surface area contributed by atoms with Crippen LogP contribution in [0.4, 0.5) is 5.69 Å². The first-order valence-electron chi connectivity index (χ1n) is 7.85. The molecule has 0 atom stereocenters. The lowest BCUT2D eigenvalue weighted by atomic mass is 9.97. The maximum absolute atomic E-state index is 12.4. The molecule has 1 saturated heterocycles. The van der Waals surface area contributed by atoms with Gasteiger partial charge < -0.3 is 5.32 Å². The van der Waals surface area contributed by atoms with Crippen LogP contribution in [0, 0.1) is 5.92 Å². The zero-order valence-electron chi connectivity index (χ0n) is 12.3. The smallest absolute Gasteiger partial charge is 0.176 e. The fourth-order valence-corrected chi connectivity index (χ4v) is 3.16. The Morgan fingerprint density at radius 3 is 2.95 bits per heavy atom. The topological polar surface area (TPSA) is 32.3 Å². The third-order valence-electron chi connectivity index (χ3n) is 4.61. The summed E-state index contributed by atoms with van der Waals surface area (Å²) in [7, 11) is 0. The van der Waals surface area contributed by atoms with Crippen molar-refractivity contribution < 1.29 is 4.79 Å². The van der Waals surface area contributed by atoms with E-state index in [1.165, 1.54) is 24.1 Å². The molecule has 0 amide bonds. The zero-order valence-corrected chi connectivity index (χ0v) is 12.3. The van der Waals surface area contributed by atoms with Gasteiger partial charge in [-0.25, -0.2) is 0 Å². The van der Waals surface area contributed by atoms with Crippen LogP contribution in [0.5, 0.6) is 0 Å². The number of rotatable bonds is 3. The number of Topliss-reactive ketones (excluding diaryl/α,β-unsaturated/α-hetero) is 1. The number of aryl methyl sites for hydroxylation is 1. The summed E-state index contributed by atoms with van der Waals surface area (Å²) in [5.74, 6) is 1.09. The molecule has 3 heteroatoms. The van der Waals surface area contributed by atoms with Crippen LogP contribution in [0.2, 0.25) is 0 Å². The van der Waals surface area contributed by atoms with Gasteiger partial charge in [0.2, 0.25) is 0 Å². The highest BCUT2D eigenvalue weighted by Crippen LogP contribution is 2.23. The number of ketones is 1. The number of hydrogen-bond acceptors (Lipinski definition) is 3. The van der Waals surface area contributed by atoms with Crippen molar-refractivity contribution in [3.63, 3.8) is 0 Å². The third kappa shape index (κ3) is 3.04. The lowest BCUT2D eigenvalue weighted by Crippen LogP contribution is -2.36. The van der Waals surface area contributed by atoms with E-state index >= 15 is 0 Å². The number of hydrogen-bond donors (Lipinski definition) is 1. The maximum atomic E-state index is 12.4. The molecule has 108 valence electrons. The molecule has 1 fully saturated rings. The van der Waals surface area contributed by atoms with Crippen LogP contribution < -0.4 is 5.32 Å². The summed E-state index contributed by atoms with van der Waals surface area (Å²) in [6.45, 7) is 6.07. The molecule has 2 heterocycles. The summed E-state index contributed by atoms with van der Waals surface area (Å²) in [6.07, 6.45) is 4.70. The quantitative estimate of drug-likeness (QED) is 0.859. The minimum Gasteiger partial charge on any atom is -0.385 e.